The molecule has 0 aromatic carbocycles. The molecule has 0 radical (unpaired) electrons. The van der Waals surface area contributed by atoms with Crippen molar-refractivity contribution in [3.63, 3.8) is 0 Å². The lowest BCUT2D eigenvalue weighted by Crippen LogP contribution is -2.65. The molecule has 16 heteroatoms. The molecule has 0 unspecified atom stereocenters. The third-order valence-electron chi connectivity index (χ3n) is 6.07. The van der Waals surface area contributed by atoms with Crippen LogP contribution in [0.1, 0.15) is 0 Å². The minimum Gasteiger partial charge on any atom is -0.394 e. The van der Waals surface area contributed by atoms with Crippen LogP contribution >= 0.6 is 0 Å². The standard InChI is InChI=1S/C18H32O16/c19-1-4-7(21)10(24)12(26)17(32-4)30-3-6-9(23)15(14(28)16(29)31-6)34-18-13(27)11(25)8(22)5(2-20)33-18/h4-29H,1-3H2/t4-,5-,6-,7+,8+,9+,10-,11-,12+,13+,14+,15-,16-,17-,18+/m0/s1. The van der Waals surface area contributed by atoms with Gasteiger partial charge in [-0.1, -0.05) is 0 Å². The summed E-state index contributed by atoms with van der Waals surface area (Å²) < 4.78 is 26.1. The average molecular weight is 504 g/mol. The molecule has 3 aliphatic heterocycles. The first kappa shape index (κ1) is 27.9. The van der Waals surface area contributed by atoms with Gasteiger partial charge in [-0.3, -0.25) is 0 Å². The molecule has 3 rings (SSSR count). The van der Waals surface area contributed by atoms with E-state index in [0.29, 0.717) is 0 Å². The molecule has 3 heterocycles. The van der Waals surface area contributed by atoms with E-state index < -0.39 is 112 Å². The minimum absolute atomic E-state index is 0.609. The Hall–Kier alpha value is -0.640. The van der Waals surface area contributed by atoms with E-state index in [1.54, 1.807) is 0 Å². The van der Waals surface area contributed by atoms with Gasteiger partial charge in [-0.15, -0.1) is 0 Å². The van der Waals surface area contributed by atoms with Gasteiger partial charge in [0.15, 0.2) is 18.9 Å². The number of hydrogen-bond donors (Lipinski definition) is 11. The Bertz CT molecular complexity index is 637. The molecule has 200 valence electrons. The van der Waals surface area contributed by atoms with Crippen LogP contribution in [0.5, 0.6) is 0 Å². The van der Waals surface area contributed by atoms with Crippen LogP contribution in [0.15, 0.2) is 0 Å². The Labute approximate surface area is 192 Å². The molecule has 3 saturated heterocycles. The first-order valence-electron chi connectivity index (χ1n) is 10.6. The zero-order valence-corrected chi connectivity index (χ0v) is 17.7. The maximum absolute atomic E-state index is 10.6. The van der Waals surface area contributed by atoms with Crippen molar-refractivity contribution in [2.45, 2.75) is 92.1 Å². The maximum atomic E-state index is 10.6. The number of aliphatic hydroxyl groups excluding tert-OH is 11. The monoisotopic (exact) mass is 504 g/mol. The molecule has 11 N–H and O–H groups in total. The highest BCUT2D eigenvalue weighted by atomic mass is 16.7. The second-order valence-corrected chi connectivity index (χ2v) is 8.37. The summed E-state index contributed by atoms with van der Waals surface area (Å²) in [5.41, 5.74) is 0. The topological polar surface area (TPSA) is 269 Å². The summed E-state index contributed by atoms with van der Waals surface area (Å²) >= 11 is 0. The van der Waals surface area contributed by atoms with E-state index in [1.807, 2.05) is 0 Å². The number of rotatable bonds is 7. The Kier molecular flexibility index (Phi) is 9.54. The van der Waals surface area contributed by atoms with Crippen molar-refractivity contribution >= 4 is 0 Å². The summed E-state index contributed by atoms with van der Waals surface area (Å²) in [7, 11) is 0. The first-order chi connectivity index (χ1) is 16.0. The van der Waals surface area contributed by atoms with E-state index >= 15 is 0 Å². The minimum atomic E-state index is -1.93. The molecule has 0 aliphatic carbocycles. The Morgan fingerprint density at radius 3 is 1.53 bits per heavy atom. The van der Waals surface area contributed by atoms with Gasteiger partial charge in [0.05, 0.1) is 19.8 Å². The van der Waals surface area contributed by atoms with E-state index in [0.717, 1.165) is 0 Å². The van der Waals surface area contributed by atoms with Gasteiger partial charge < -0.3 is 79.9 Å². The average Bonchev–Trinajstić information content (AvgIpc) is 2.82. The molecule has 3 fully saturated rings. The lowest BCUT2D eigenvalue weighted by atomic mass is 9.97. The van der Waals surface area contributed by atoms with Gasteiger partial charge in [-0.05, 0) is 0 Å². The predicted octanol–water partition coefficient (Wildman–Crippen LogP) is -7.57. The van der Waals surface area contributed by atoms with Crippen molar-refractivity contribution in [2.75, 3.05) is 19.8 Å². The zero-order chi connectivity index (χ0) is 25.3. The van der Waals surface area contributed by atoms with Gasteiger partial charge in [0.2, 0.25) is 0 Å². The summed E-state index contributed by atoms with van der Waals surface area (Å²) in [6.07, 6.45) is -24.9. The van der Waals surface area contributed by atoms with Crippen LogP contribution in [0.4, 0.5) is 0 Å². The van der Waals surface area contributed by atoms with E-state index in [9.17, 15) is 56.2 Å². The summed E-state index contributed by atoms with van der Waals surface area (Å²) in [5.74, 6) is 0. The third-order valence-corrected chi connectivity index (χ3v) is 6.07. The van der Waals surface area contributed by atoms with E-state index in [-0.39, 0.29) is 0 Å². The Morgan fingerprint density at radius 1 is 0.500 bits per heavy atom. The third kappa shape index (κ3) is 5.52. The summed E-state index contributed by atoms with van der Waals surface area (Å²) in [4.78, 5) is 0. The van der Waals surface area contributed by atoms with Gasteiger partial charge in [0.25, 0.3) is 0 Å². The molecule has 34 heavy (non-hydrogen) atoms. The molecule has 0 bridgehead atoms. The fourth-order valence-corrected chi connectivity index (χ4v) is 3.94. The summed E-state index contributed by atoms with van der Waals surface area (Å²) in [6, 6.07) is 0. The van der Waals surface area contributed by atoms with Crippen molar-refractivity contribution in [1.29, 1.82) is 0 Å². The quantitative estimate of drug-likeness (QED) is 0.154. The van der Waals surface area contributed by atoms with Crippen LogP contribution in [0.2, 0.25) is 0 Å². The number of hydrogen-bond acceptors (Lipinski definition) is 16. The van der Waals surface area contributed by atoms with Gasteiger partial charge >= 0.3 is 0 Å². The Morgan fingerprint density at radius 2 is 1.00 bits per heavy atom. The van der Waals surface area contributed by atoms with Gasteiger partial charge in [0.1, 0.15) is 73.2 Å². The van der Waals surface area contributed by atoms with Crippen LogP contribution in [-0.4, -0.2) is 168 Å². The lowest BCUT2D eigenvalue weighted by Gasteiger charge is -2.45. The van der Waals surface area contributed by atoms with Crippen molar-refractivity contribution in [2.24, 2.45) is 0 Å². The SMILES string of the molecule is OC[C@@H]1O[C@H](OC[C@@H]2O[C@H](O)[C@H](O)[C@@H](O[C@H]3O[C@@H](CO)[C@@H](O)[C@H](O)[C@H]3O)[C@@H]2O)[C@H](O)[C@@H](O)[C@@H]1O. The molecule has 15 atom stereocenters. The normalized spacial score (nSPS) is 52.5. The molecule has 0 aromatic rings. The largest absolute Gasteiger partial charge is 0.394 e. The van der Waals surface area contributed by atoms with Gasteiger partial charge in [-0.25, -0.2) is 0 Å². The van der Waals surface area contributed by atoms with Crippen LogP contribution < -0.4 is 0 Å². The van der Waals surface area contributed by atoms with Crippen LogP contribution in [0.25, 0.3) is 0 Å². The highest BCUT2D eigenvalue weighted by Crippen LogP contribution is 2.29. The van der Waals surface area contributed by atoms with Gasteiger partial charge in [0, 0.05) is 0 Å². The summed E-state index contributed by atoms with van der Waals surface area (Å²) in [5, 5.41) is 109. The number of aliphatic hydroxyl groups is 11. The fraction of sp³-hybridized carbons (Fsp3) is 1.00. The smallest absolute Gasteiger partial charge is 0.187 e. The fourth-order valence-electron chi connectivity index (χ4n) is 3.94. The van der Waals surface area contributed by atoms with Crippen LogP contribution in [0.3, 0.4) is 0 Å². The molecular formula is C18H32O16. The summed E-state index contributed by atoms with van der Waals surface area (Å²) in [6.45, 7) is -2.06. The maximum Gasteiger partial charge on any atom is 0.187 e. The van der Waals surface area contributed by atoms with Crippen LogP contribution in [-0.2, 0) is 23.7 Å². The van der Waals surface area contributed by atoms with E-state index in [2.05, 4.69) is 0 Å². The van der Waals surface area contributed by atoms with Gasteiger partial charge in [-0.2, -0.15) is 0 Å². The first-order valence-corrected chi connectivity index (χ1v) is 10.6. The molecule has 16 nitrogen and oxygen atoms in total. The van der Waals surface area contributed by atoms with Crippen molar-refractivity contribution < 1.29 is 79.9 Å². The van der Waals surface area contributed by atoms with E-state index in [1.165, 1.54) is 0 Å². The molecule has 0 spiro atoms. The van der Waals surface area contributed by atoms with E-state index in [4.69, 9.17) is 23.7 Å². The zero-order valence-electron chi connectivity index (χ0n) is 17.7. The van der Waals surface area contributed by atoms with Crippen molar-refractivity contribution in [3.8, 4) is 0 Å². The lowest BCUT2D eigenvalue weighted by molar-refractivity contribution is -0.361. The number of ether oxygens (including phenoxy) is 5. The second-order valence-electron chi connectivity index (χ2n) is 8.37. The second kappa shape index (κ2) is 11.6. The molecule has 0 saturated carbocycles. The van der Waals surface area contributed by atoms with Crippen molar-refractivity contribution in [1.82, 2.24) is 0 Å². The highest BCUT2D eigenvalue weighted by Gasteiger charge is 2.51. The predicted molar refractivity (Wildman–Crippen MR) is 101 cm³/mol. The highest BCUT2D eigenvalue weighted by molar-refractivity contribution is 4.94. The van der Waals surface area contributed by atoms with Crippen LogP contribution in [0, 0.1) is 0 Å². The Balaban J connectivity index is 1.65. The molecule has 0 amide bonds. The van der Waals surface area contributed by atoms with Crippen molar-refractivity contribution in [3.05, 3.63) is 0 Å². The molecular weight excluding hydrogens is 472 g/mol. The molecule has 0 aromatic heterocycles. The molecule has 3 aliphatic rings.